The Labute approximate surface area is 86.3 Å². The minimum absolute atomic E-state index is 0.918. The van der Waals surface area contributed by atoms with Gasteiger partial charge in [-0.2, -0.15) is 0 Å². The molecular formula is C14H18. The summed E-state index contributed by atoms with van der Waals surface area (Å²) in [6.45, 7) is 2.26. The third-order valence-electron chi connectivity index (χ3n) is 4.18. The maximum Gasteiger partial charge on any atom is -0.0125 e. The molecule has 0 saturated heterocycles. The number of benzene rings is 1. The molecule has 14 heavy (non-hydrogen) atoms. The Morgan fingerprint density at radius 1 is 1.14 bits per heavy atom. The second-order valence-electron chi connectivity index (χ2n) is 5.05. The summed E-state index contributed by atoms with van der Waals surface area (Å²) >= 11 is 0. The summed E-state index contributed by atoms with van der Waals surface area (Å²) in [5, 5.41) is 0. The van der Waals surface area contributed by atoms with Crippen molar-refractivity contribution in [2.24, 2.45) is 11.8 Å². The first-order valence-corrected chi connectivity index (χ1v) is 5.92. The molecule has 0 heteroatoms. The van der Waals surface area contributed by atoms with E-state index in [-0.39, 0.29) is 0 Å². The van der Waals surface area contributed by atoms with Gasteiger partial charge in [0.05, 0.1) is 0 Å². The van der Waals surface area contributed by atoms with Crippen LogP contribution in [0.25, 0.3) is 0 Å². The Kier molecular flexibility index (Phi) is 1.90. The lowest BCUT2D eigenvalue weighted by Crippen LogP contribution is -2.13. The number of aryl methyl sites for hydroxylation is 1. The molecule has 74 valence electrons. The van der Waals surface area contributed by atoms with Crippen LogP contribution >= 0.6 is 0 Å². The zero-order valence-corrected chi connectivity index (χ0v) is 8.87. The molecule has 1 aromatic carbocycles. The molecule has 3 rings (SSSR count). The van der Waals surface area contributed by atoms with E-state index in [1.165, 1.54) is 31.2 Å². The molecule has 0 bridgehead atoms. The van der Waals surface area contributed by atoms with E-state index in [0.717, 1.165) is 17.8 Å². The Morgan fingerprint density at radius 3 is 2.57 bits per heavy atom. The van der Waals surface area contributed by atoms with Gasteiger partial charge in [0, 0.05) is 0 Å². The Morgan fingerprint density at radius 2 is 1.93 bits per heavy atom. The molecule has 1 aromatic rings. The molecule has 2 aliphatic rings. The number of hydrogen-bond acceptors (Lipinski definition) is 0. The highest BCUT2D eigenvalue weighted by molar-refractivity contribution is 5.33. The van der Waals surface area contributed by atoms with Gasteiger partial charge >= 0.3 is 0 Å². The third kappa shape index (κ3) is 1.28. The zero-order valence-electron chi connectivity index (χ0n) is 8.87. The van der Waals surface area contributed by atoms with Gasteiger partial charge < -0.3 is 0 Å². The van der Waals surface area contributed by atoms with E-state index in [9.17, 15) is 0 Å². The molecular weight excluding hydrogens is 168 g/mol. The predicted molar refractivity (Wildman–Crippen MR) is 59.4 cm³/mol. The SMILES string of the molecule is Cc1ccccc1[C@@H]1C[C@@H]1C1CCC1. The summed E-state index contributed by atoms with van der Waals surface area (Å²) in [5.74, 6) is 3.05. The van der Waals surface area contributed by atoms with Crippen molar-refractivity contribution >= 4 is 0 Å². The van der Waals surface area contributed by atoms with Crippen molar-refractivity contribution in [3.05, 3.63) is 35.4 Å². The smallest absolute Gasteiger partial charge is 0.0125 e. The minimum atomic E-state index is 0.918. The van der Waals surface area contributed by atoms with Crippen molar-refractivity contribution in [3.8, 4) is 0 Å². The predicted octanol–water partition coefficient (Wildman–Crippen LogP) is 3.90. The van der Waals surface area contributed by atoms with Crippen LogP contribution in [0, 0.1) is 18.8 Å². The second-order valence-corrected chi connectivity index (χ2v) is 5.05. The van der Waals surface area contributed by atoms with Crippen molar-refractivity contribution in [3.63, 3.8) is 0 Å². The minimum Gasteiger partial charge on any atom is -0.0620 e. The van der Waals surface area contributed by atoms with Crippen molar-refractivity contribution in [2.75, 3.05) is 0 Å². The average Bonchev–Trinajstić information content (AvgIpc) is 2.82. The fraction of sp³-hybridized carbons (Fsp3) is 0.571. The molecule has 0 heterocycles. The zero-order chi connectivity index (χ0) is 9.54. The molecule has 2 aliphatic carbocycles. The van der Waals surface area contributed by atoms with Crippen molar-refractivity contribution in [1.82, 2.24) is 0 Å². The quantitative estimate of drug-likeness (QED) is 0.657. The van der Waals surface area contributed by atoms with E-state index < -0.39 is 0 Å². The highest BCUT2D eigenvalue weighted by Crippen LogP contribution is 2.57. The monoisotopic (exact) mass is 186 g/mol. The fourth-order valence-corrected chi connectivity index (χ4v) is 2.96. The summed E-state index contributed by atoms with van der Waals surface area (Å²) in [6, 6.07) is 8.93. The van der Waals surface area contributed by atoms with E-state index in [1.807, 2.05) is 0 Å². The van der Waals surface area contributed by atoms with E-state index in [2.05, 4.69) is 31.2 Å². The van der Waals surface area contributed by atoms with Crippen molar-refractivity contribution < 1.29 is 0 Å². The van der Waals surface area contributed by atoms with Crippen LogP contribution in [0.1, 0.15) is 42.7 Å². The molecule has 0 N–H and O–H groups in total. The molecule has 0 aromatic heterocycles. The van der Waals surface area contributed by atoms with Crippen LogP contribution in [-0.4, -0.2) is 0 Å². The van der Waals surface area contributed by atoms with Gasteiger partial charge in [-0.1, -0.05) is 43.5 Å². The summed E-state index contributed by atoms with van der Waals surface area (Å²) in [6.07, 6.45) is 5.97. The summed E-state index contributed by atoms with van der Waals surface area (Å²) in [5.41, 5.74) is 3.13. The summed E-state index contributed by atoms with van der Waals surface area (Å²) in [4.78, 5) is 0. The molecule has 2 saturated carbocycles. The fourth-order valence-electron chi connectivity index (χ4n) is 2.96. The molecule has 0 radical (unpaired) electrons. The van der Waals surface area contributed by atoms with Crippen molar-refractivity contribution in [2.45, 2.75) is 38.5 Å². The van der Waals surface area contributed by atoms with Crippen LogP contribution < -0.4 is 0 Å². The second kappa shape index (κ2) is 3.12. The van der Waals surface area contributed by atoms with Crippen LogP contribution in [0.15, 0.2) is 24.3 Å². The van der Waals surface area contributed by atoms with Gasteiger partial charge in [-0.25, -0.2) is 0 Å². The van der Waals surface area contributed by atoms with Crippen molar-refractivity contribution in [1.29, 1.82) is 0 Å². The Hall–Kier alpha value is -0.780. The first kappa shape index (κ1) is 8.52. The molecule has 0 amide bonds. The lowest BCUT2D eigenvalue weighted by molar-refractivity contribution is 0.273. The lowest BCUT2D eigenvalue weighted by atomic mass is 9.80. The highest BCUT2D eigenvalue weighted by Gasteiger charge is 2.45. The maximum absolute atomic E-state index is 2.33. The van der Waals surface area contributed by atoms with Gasteiger partial charge in [0.25, 0.3) is 0 Å². The summed E-state index contributed by atoms with van der Waals surface area (Å²) in [7, 11) is 0. The van der Waals surface area contributed by atoms with Gasteiger partial charge in [-0.15, -0.1) is 0 Å². The van der Waals surface area contributed by atoms with Crippen LogP contribution in [0.2, 0.25) is 0 Å². The van der Waals surface area contributed by atoms with Crippen LogP contribution in [0.3, 0.4) is 0 Å². The van der Waals surface area contributed by atoms with Crippen LogP contribution in [-0.2, 0) is 0 Å². The maximum atomic E-state index is 2.33. The van der Waals surface area contributed by atoms with E-state index in [1.54, 1.807) is 5.56 Å². The van der Waals surface area contributed by atoms with Gasteiger partial charge in [-0.3, -0.25) is 0 Å². The average molecular weight is 186 g/mol. The third-order valence-corrected chi connectivity index (χ3v) is 4.18. The Balaban J connectivity index is 1.76. The highest BCUT2D eigenvalue weighted by atomic mass is 14.5. The van der Waals surface area contributed by atoms with Crippen LogP contribution in [0.4, 0.5) is 0 Å². The standard InChI is InChI=1S/C14H18/c1-10-5-2-3-8-12(10)14-9-13(14)11-6-4-7-11/h2-3,5,8,11,13-14H,4,6-7,9H2,1H3/t13-,14+/m1/s1. The van der Waals surface area contributed by atoms with Gasteiger partial charge in [0.1, 0.15) is 0 Å². The first-order chi connectivity index (χ1) is 6.86. The normalized spacial score (nSPS) is 31.2. The molecule has 0 nitrogen and oxygen atoms in total. The topological polar surface area (TPSA) is 0 Å². The van der Waals surface area contributed by atoms with Gasteiger partial charge in [-0.05, 0) is 42.2 Å². The van der Waals surface area contributed by atoms with Crippen LogP contribution in [0.5, 0.6) is 0 Å². The first-order valence-electron chi connectivity index (χ1n) is 5.92. The summed E-state index contributed by atoms with van der Waals surface area (Å²) < 4.78 is 0. The van der Waals surface area contributed by atoms with E-state index in [4.69, 9.17) is 0 Å². The molecule has 2 atom stereocenters. The van der Waals surface area contributed by atoms with E-state index >= 15 is 0 Å². The largest absolute Gasteiger partial charge is 0.0620 e. The Bertz CT molecular complexity index is 336. The molecule has 0 spiro atoms. The number of hydrogen-bond donors (Lipinski definition) is 0. The number of rotatable bonds is 2. The van der Waals surface area contributed by atoms with E-state index in [0.29, 0.717) is 0 Å². The van der Waals surface area contributed by atoms with Gasteiger partial charge in [0.2, 0.25) is 0 Å². The molecule has 0 aliphatic heterocycles. The molecule has 0 unspecified atom stereocenters. The molecule has 2 fully saturated rings. The van der Waals surface area contributed by atoms with Gasteiger partial charge in [0.15, 0.2) is 0 Å². The lowest BCUT2D eigenvalue weighted by Gasteiger charge is -2.25.